The summed E-state index contributed by atoms with van der Waals surface area (Å²) in [7, 11) is 0. The summed E-state index contributed by atoms with van der Waals surface area (Å²) >= 11 is 0. The summed E-state index contributed by atoms with van der Waals surface area (Å²) in [5.41, 5.74) is 0. The summed E-state index contributed by atoms with van der Waals surface area (Å²) in [6.45, 7) is 6.16. The minimum atomic E-state index is 0.720. The van der Waals surface area contributed by atoms with Crippen LogP contribution in [0.3, 0.4) is 0 Å². The van der Waals surface area contributed by atoms with Crippen molar-refractivity contribution < 1.29 is 0 Å². The Labute approximate surface area is 92.4 Å². The van der Waals surface area contributed by atoms with Gasteiger partial charge in [-0.25, -0.2) is 0 Å². The lowest BCUT2D eigenvalue weighted by Gasteiger charge is -2.33. The molecular weight excluding hydrogens is 184 g/mol. The van der Waals surface area contributed by atoms with Gasteiger partial charge in [0, 0.05) is 31.7 Å². The van der Waals surface area contributed by atoms with Gasteiger partial charge in [-0.3, -0.25) is 4.90 Å². The Kier molecular flexibility index (Phi) is 1.79. The number of hydrogen-bond acceptors (Lipinski definition) is 2. The Morgan fingerprint density at radius 3 is 2.53 bits per heavy atom. The predicted octanol–water partition coefficient (Wildman–Crippen LogP) is 1.32. The molecule has 3 saturated carbocycles. The quantitative estimate of drug-likeness (QED) is 0.696. The van der Waals surface area contributed by atoms with E-state index in [2.05, 4.69) is 17.1 Å². The van der Waals surface area contributed by atoms with Gasteiger partial charge in [0.05, 0.1) is 0 Å². The fourth-order valence-electron chi connectivity index (χ4n) is 5.00. The van der Waals surface area contributed by atoms with Gasteiger partial charge in [-0.1, -0.05) is 0 Å². The van der Waals surface area contributed by atoms with Crippen molar-refractivity contribution >= 4 is 0 Å². The maximum Gasteiger partial charge on any atom is 0.0167 e. The van der Waals surface area contributed by atoms with Crippen LogP contribution in [0, 0.1) is 23.7 Å². The second-order valence-corrected chi connectivity index (χ2v) is 6.33. The van der Waals surface area contributed by atoms with Crippen LogP contribution < -0.4 is 5.32 Å². The number of nitrogens with zero attached hydrogens (tertiary/aromatic N) is 1. The number of fused-ring (bicyclic) bond motifs is 5. The summed E-state index contributed by atoms with van der Waals surface area (Å²) in [4.78, 5) is 2.81. The predicted molar refractivity (Wildman–Crippen MR) is 60.6 cm³/mol. The highest BCUT2D eigenvalue weighted by molar-refractivity contribution is 5.17. The van der Waals surface area contributed by atoms with Crippen LogP contribution in [0.5, 0.6) is 0 Å². The summed E-state index contributed by atoms with van der Waals surface area (Å²) in [6, 6.07) is 1.73. The third-order valence-electron chi connectivity index (χ3n) is 5.52. The molecule has 5 unspecified atom stereocenters. The van der Waals surface area contributed by atoms with Crippen molar-refractivity contribution in [2.45, 2.75) is 38.3 Å². The van der Waals surface area contributed by atoms with Crippen molar-refractivity contribution in [1.82, 2.24) is 10.2 Å². The van der Waals surface area contributed by atoms with Gasteiger partial charge in [-0.05, 0) is 49.9 Å². The first-order chi connectivity index (χ1) is 7.34. The minimum Gasteiger partial charge on any atom is -0.312 e. The van der Waals surface area contributed by atoms with Crippen molar-refractivity contribution in [3.8, 4) is 0 Å². The molecule has 0 amide bonds. The monoisotopic (exact) mass is 206 g/mol. The zero-order valence-corrected chi connectivity index (χ0v) is 9.65. The molecule has 0 radical (unpaired) electrons. The molecule has 15 heavy (non-hydrogen) atoms. The molecule has 0 spiro atoms. The van der Waals surface area contributed by atoms with E-state index < -0.39 is 0 Å². The SMILES string of the molecule is CC1CN(C2C3C4CCC(C4)C32)CCN1. The molecule has 1 N–H and O–H groups in total. The fourth-order valence-corrected chi connectivity index (χ4v) is 5.00. The zero-order chi connectivity index (χ0) is 9.99. The first-order valence-electron chi connectivity index (χ1n) is 6.82. The molecule has 2 nitrogen and oxygen atoms in total. The third kappa shape index (κ3) is 1.18. The van der Waals surface area contributed by atoms with Crippen molar-refractivity contribution in [3.05, 3.63) is 0 Å². The molecule has 84 valence electrons. The Hall–Kier alpha value is -0.0800. The van der Waals surface area contributed by atoms with Gasteiger partial charge in [-0.15, -0.1) is 0 Å². The summed E-state index contributed by atoms with van der Waals surface area (Å²) < 4.78 is 0. The van der Waals surface area contributed by atoms with Crippen molar-refractivity contribution in [3.63, 3.8) is 0 Å². The van der Waals surface area contributed by atoms with E-state index in [1.54, 1.807) is 19.3 Å². The molecule has 2 bridgehead atoms. The molecule has 4 fully saturated rings. The maximum atomic E-state index is 3.56. The fraction of sp³-hybridized carbons (Fsp3) is 1.00. The van der Waals surface area contributed by atoms with Gasteiger partial charge in [-0.2, -0.15) is 0 Å². The Morgan fingerprint density at radius 1 is 1.13 bits per heavy atom. The molecule has 0 aromatic rings. The average Bonchev–Trinajstić information content (AvgIpc) is 2.68. The molecule has 2 heteroatoms. The van der Waals surface area contributed by atoms with Crippen molar-refractivity contribution in [2.75, 3.05) is 19.6 Å². The molecule has 5 atom stereocenters. The first-order valence-corrected chi connectivity index (χ1v) is 6.82. The van der Waals surface area contributed by atoms with Gasteiger partial charge in [0.1, 0.15) is 0 Å². The van der Waals surface area contributed by atoms with Crippen LogP contribution in [0.4, 0.5) is 0 Å². The minimum absolute atomic E-state index is 0.720. The van der Waals surface area contributed by atoms with Gasteiger partial charge in [0.25, 0.3) is 0 Å². The van der Waals surface area contributed by atoms with E-state index in [1.807, 2.05) is 0 Å². The van der Waals surface area contributed by atoms with E-state index in [1.165, 1.54) is 19.6 Å². The topological polar surface area (TPSA) is 15.3 Å². The Morgan fingerprint density at radius 2 is 1.87 bits per heavy atom. The Balaban J connectivity index is 1.48. The lowest BCUT2D eigenvalue weighted by atomic mass is 10.0. The van der Waals surface area contributed by atoms with E-state index in [0.29, 0.717) is 0 Å². The molecule has 0 aromatic carbocycles. The van der Waals surface area contributed by atoms with Crippen LogP contribution in [0.15, 0.2) is 0 Å². The van der Waals surface area contributed by atoms with Crippen LogP contribution in [0.1, 0.15) is 26.2 Å². The van der Waals surface area contributed by atoms with E-state index >= 15 is 0 Å². The smallest absolute Gasteiger partial charge is 0.0167 e. The zero-order valence-electron chi connectivity index (χ0n) is 9.65. The molecule has 3 aliphatic carbocycles. The van der Waals surface area contributed by atoms with Crippen LogP contribution in [-0.4, -0.2) is 36.6 Å². The van der Waals surface area contributed by atoms with Gasteiger partial charge < -0.3 is 5.32 Å². The molecule has 4 aliphatic rings. The lowest BCUT2D eigenvalue weighted by molar-refractivity contribution is 0.169. The Bertz CT molecular complexity index is 262. The highest BCUT2D eigenvalue weighted by atomic mass is 15.3. The number of piperazine rings is 1. The number of nitrogens with one attached hydrogen (secondary N) is 1. The van der Waals surface area contributed by atoms with Crippen LogP contribution in [-0.2, 0) is 0 Å². The average molecular weight is 206 g/mol. The van der Waals surface area contributed by atoms with Gasteiger partial charge >= 0.3 is 0 Å². The van der Waals surface area contributed by atoms with Crippen LogP contribution in [0.2, 0.25) is 0 Å². The second kappa shape index (κ2) is 2.98. The normalized spacial score (nSPS) is 58.2. The summed E-state index contributed by atoms with van der Waals surface area (Å²) in [6.07, 6.45) is 4.71. The standard InChI is InChI=1S/C13H22N2/c1-8-7-15(5-4-14-8)13-11-9-2-3-10(6-9)12(11)13/h8-14H,2-7H2,1H3. The maximum absolute atomic E-state index is 3.56. The van der Waals surface area contributed by atoms with Gasteiger partial charge in [0.2, 0.25) is 0 Å². The van der Waals surface area contributed by atoms with Crippen molar-refractivity contribution in [2.24, 2.45) is 23.7 Å². The largest absolute Gasteiger partial charge is 0.312 e. The summed E-state index contributed by atoms with van der Waals surface area (Å²) in [5, 5.41) is 3.56. The van der Waals surface area contributed by atoms with E-state index in [9.17, 15) is 0 Å². The highest BCUT2D eigenvalue weighted by Gasteiger charge is 2.66. The van der Waals surface area contributed by atoms with Crippen LogP contribution >= 0.6 is 0 Å². The van der Waals surface area contributed by atoms with E-state index in [0.717, 1.165) is 35.8 Å². The van der Waals surface area contributed by atoms with Crippen molar-refractivity contribution in [1.29, 1.82) is 0 Å². The molecule has 4 rings (SSSR count). The second-order valence-electron chi connectivity index (χ2n) is 6.33. The highest BCUT2D eigenvalue weighted by Crippen LogP contribution is 2.67. The molecule has 1 aliphatic heterocycles. The molecule has 0 aromatic heterocycles. The molecule has 1 heterocycles. The number of rotatable bonds is 1. The van der Waals surface area contributed by atoms with Gasteiger partial charge in [0.15, 0.2) is 0 Å². The summed E-state index contributed by atoms with van der Waals surface area (Å²) in [5.74, 6) is 4.54. The molecular formula is C13H22N2. The van der Waals surface area contributed by atoms with Crippen LogP contribution in [0.25, 0.3) is 0 Å². The molecule has 1 saturated heterocycles. The van der Waals surface area contributed by atoms with E-state index in [-0.39, 0.29) is 0 Å². The van der Waals surface area contributed by atoms with E-state index in [4.69, 9.17) is 0 Å². The first kappa shape index (κ1) is 9.00. The third-order valence-corrected chi connectivity index (χ3v) is 5.52. The lowest BCUT2D eigenvalue weighted by Crippen LogP contribution is -2.51. The number of hydrogen-bond donors (Lipinski definition) is 1.